The molecule has 1 fully saturated rings. The van der Waals surface area contributed by atoms with E-state index in [0.29, 0.717) is 0 Å². The van der Waals surface area contributed by atoms with Gasteiger partial charge in [0.2, 0.25) is 5.91 Å². The molecule has 0 bridgehead atoms. The molecule has 3 aromatic rings. The zero-order chi connectivity index (χ0) is 21.9. The van der Waals surface area contributed by atoms with Crippen molar-refractivity contribution in [2.75, 3.05) is 12.0 Å². The summed E-state index contributed by atoms with van der Waals surface area (Å²) in [4.78, 5) is 15.7. The maximum absolute atomic E-state index is 13.8. The summed E-state index contributed by atoms with van der Waals surface area (Å²) in [5.41, 5.74) is 8.68. The summed E-state index contributed by atoms with van der Waals surface area (Å²) >= 11 is 0. The lowest BCUT2D eigenvalue weighted by Gasteiger charge is -2.24. The second-order valence-corrected chi connectivity index (χ2v) is 9.21. The number of nitrogens with zero attached hydrogens (tertiary/aromatic N) is 1. The van der Waals surface area contributed by atoms with E-state index in [-0.39, 0.29) is 11.8 Å². The summed E-state index contributed by atoms with van der Waals surface area (Å²) in [6.07, 6.45) is 0. The molecule has 3 heteroatoms. The maximum atomic E-state index is 13.8. The van der Waals surface area contributed by atoms with Gasteiger partial charge in [-0.15, -0.1) is 0 Å². The number of hydrogen-bond acceptors (Lipinski definition) is 2. The van der Waals surface area contributed by atoms with Crippen molar-refractivity contribution in [3.63, 3.8) is 0 Å². The van der Waals surface area contributed by atoms with Crippen LogP contribution < -0.4 is 9.64 Å². The molecule has 1 atom stereocenters. The van der Waals surface area contributed by atoms with Crippen molar-refractivity contribution in [2.24, 2.45) is 5.41 Å². The summed E-state index contributed by atoms with van der Waals surface area (Å²) in [6.45, 7) is 8.38. The van der Waals surface area contributed by atoms with Gasteiger partial charge in [0, 0.05) is 22.9 Å². The van der Waals surface area contributed by atoms with Gasteiger partial charge in [-0.1, -0.05) is 67.4 Å². The second-order valence-electron chi connectivity index (χ2n) is 9.21. The number of amides is 1. The summed E-state index contributed by atoms with van der Waals surface area (Å²) in [5.74, 6) is 0.937. The Morgan fingerprint density at radius 2 is 1.52 bits per heavy atom. The van der Waals surface area contributed by atoms with Gasteiger partial charge >= 0.3 is 0 Å². The van der Waals surface area contributed by atoms with E-state index in [1.165, 1.54) is 27.8 Å². The molecule has 5 rings (SSSR count). The van der Waals surface area contributed by atoms with Gasteiger partial charge in [0.1, 0.15) is 5.75 Å². The van der Waals surface area contributed by atoms with Crippen LogP contribution in [0.15, 0.2) is 72.4 Å². The molecule has 1 heterocycles. The molecule has 0 saturated carbocycles. The average Bonchev–Trinajstić information content (AvgIpc) is 3.18. The highest BCUT2D eigenvalue weighted by Gasteiger charge is 2.56. The van der Waals surface area contributed by atoms with Gasteiger partial charge in [-0.3, -0.25) is 9.69 Å². The molecule has 156 valence electrons. The van der Waals surface area contributed by atoms with Crippen molar-refractivity contribution < 1.29 is 9.53 Å². The number of methoxy groups -OCH3 is 1. The smallest absolute Gasteiger partial charge is 0.237 e. The van der Waals surface area contributed by atoms with E-state index >= 15 is 0 Å². The molecule has 3 aromatic carbocycles. The molecule has 1 unspecified atom stereocenters. The molecule has 1 amide bonds. The van der Waals surface area contributed by atoms with Gasteiger partial charge in [0.15, 0.2) is 0 Å². The third kappa shape index (κ3) is 2.83. The van der Waals surface area contributed by atoms with E-state index in [4.69, 9.17) is 4.74 Å². The van der Waals surface area contributed by atoms with Crippen LogP contribution in [0.2, 0.25) is 0 Å². The molecular weight excluding hydrogens is 382 g/mol. The van der Waals surface area contributed by atoms with Gasteiger partial charge < -0.3 is 4.74 Å². The first-order valence-corrected chi connectivity index (χ1v) is 10.7. The van der Waals surface area contributed by atoms with Crippen molar-refractivity contribution >= 4 is 17.2 Å². The molecular formula is C28H27NO2. The monoisotopic (exact) mass is 409 g/mol. The van der Waals surface area contributed by atoms with Crippen LogP contribution >= 0.6 is 0 Å². The van der Waals surface area contributed by atoms with Crippen LogP contribution in [-0.4, -0.2) is 13.0 Å². The number of aryl methyl sites for hydroxylation is 2. The van der Waals surface area contributed by atoms with Crippen LogP contribution in [0.4, 0.5) is 5.69 Å². The van der Waals surface area contributed by atoms with E-state index in [1.807, 2.05) is 29.2 Å². The molecule has 0 spiro atoms. The Labute approximate surface area is 184 Å². The Morgan fingerprint density at radius 1 is 0.871 bits per heavy atom. The topological polar surface area (TPSA) is 29.5 Å². The lowest BCUT2D eigenvalue weighted by molar-refractivity contribution is -0.124. The summed E-state index contributed by atoms with van der Waals surface area (Å²) < 4.78 is 5.34. The highest BCUT2D eigenvalue weighted by atomic mass is 16.5. The number of carbonyl (C=O) groups excluding carboxylic acids is 1. The zero-order valence-corrected chi connectivity index (χ0v) is 18.7. The fraction of sp³-hybridized carbons (Fsp3) is 0.250. The van der Waals surface area contributed by atoms with Crippen LogP contribution in [-0.2, 0) is 4.79 Å². The molecule has 0 N–H and O–H groups in total. The van der Waals surface area contributed by atoms with Gasteiger partial charge in [-0.05, 0) is 54.8 Å². The van der Waals surface area contributed by atoms with Crippen LogP contribution in [0.3, 0.4) is 0 Å². The maximum Gasteiger partial charge on any atom is 0.237 e. The van der Waals surface area contributed by atoms with E-state index in [9.17, 15) is 4.79 Å². The van der Waals surface area contributed by atoms with Gasteiger partial charge in [-0.2, -0.15) is 0 Å². The number of benzene rings is 3. The third-order valence-electron chi connectivity index (χ3n) is 6.71. The summed E-state index contributed by atoms with van der Waals surface area (Å²) in [6, 6.07) is 23.1. The predicted molar refractivity (Wildman–Crippen MR) is 125 cm³/mol. The minimum Gasteiger partial charge on any atom is -0.497 e. The Balaban J connectivity index is 1.81. The lowest BCUT2D eigenvalue weighted by atomic mass is 9.77. The normalized spacial score (nSPS) is 18.9. The highest BCUT2D eigenvalue weighted by molar-refractivity contribution is 6.10. The van der Waals surface area contributed by atoms with Crippen LogP contribution in [0.5, 0.6) is 5.75 Å². The molecule has 0 aromatic heterocycles. The van der Waals surface area contributed by atoms with E-state index in [0.717, 1.165) is 22.7 Å². The minimum atomic E-state index is -0.536. The Bertz CT molecular complexity index is 1220. The van der Waals surface area contributed by atoms with Gasteiger partial charge in [0.05, 0.1) is 12.5 Å². The number of allylic oxidation sites excluding steroid dienone is 1. The SMILES string of the molecule is COc1ccc(N2C(=O)C(C)(C)C3C2=C(c2ccc(C)cc2)c2cc(C)ccc23)cc1. The summed E-state index contributed by atoms with van der Waals surface area (Å²) in [5, 5.41) is 0. The number of hydrogen-bond donors (Lipinski definition) is 0. The fourth-order valence-electron chi connectivity index (χ4n) is 5.07. The second kappa shape index (κ2) is 6.84. The molecule has 0 radical (unpaired) electrons. The first kappa shape index (κ1) is 19.6. The third-order valence-corrected chi connectivity index (χ3v) is 6.71. The Morgan fingerprint density at radius 3 is 2.16 bits per heavy atom. The molecule has 31 heavy (non-hydrogen) atoms. The fourth-order valence-corrected chi connectivity index (χ4v) is 5.07. The Kier molecular flexibility index (Phi) is 4.33. The van der Waals surface area contributed by atoms with E-state index in [2.05, 4.69) is 70.2 Å². The number of fused-ring (bicyclic) bond motifs is 3. The Hall–Kier alpha value is -3.33. The van der Waals surface area contributed by atoms with E-state index < -0.39 is 5.41 Å². The minimum absolute atomic E-state index is 0.0222. The zero-order valence-electron chi connectivity index (χ0n) is 18.7. The van der Waals surface area contributed by atoms with Crippen molar-refractivity contribution in [1.29, 1.82) is 0 Å². The van der Waals surface area contributed by atoms with Crippen molar-refractivity contribution in [2.45, 2.75) is 33.6 Å². The van der Waals surface area contributed by atoms with E-state index in [1.54, 1.807) is 7.11 Å². The standard InChI is InChI=1S/C28H27NO2/c1-17-6-9-19(10-7-17)24-23-16-18(2)8-15-22(23)25-26(24)29(27(30)28(25,3)4)20-11-13-21(31-5)14-12-20/h6-16,25H,1-5H3. The number of ether oxygens (including phenoxy) is 1. The average molecular weight is 410 g/mol. The first-order valence-electron chi connectivity index (χ1n) is 10.7. The van der Waals surface area contributed by atoms with Crippen molar-refractivity contribution in [3.05, 3.63) is 100 Å². The molecule has 1 aliphatic heterocycles. The van der Waals surface area contributed by atoms with Crippen LogP contribution in [0, 0.1) is 19.3 Å². The highest BCUT2D eigenvalue weighted by Crippen LogP contribution is 2.59. The lowest BCUT2D eigenvalue weighted by Crippen LogP contribution is -2.32. The first-order chi connectivity index (χ1) is 14.8. The molecule has 2 aliphatic rings. The molecule has 1 saturated heterocycles. The van der Waals surface area contributed by atoms with Crippen LogP contribution in [0.25, 0.3) is 5.57 Å². The van der Waals surface area contributed by atoms with Crippen molar-refractivity contribution in [1.82, 2.24) is 0 Å². The summed E-state index contributed by atoms with van der Waals surface area (Å²) in [7, 11) is 1.66. The largest absolute Gasteiger partial charge is 0.497 e. The number of rotatable bonds is 3. The van der Waals surface area contributed by atoms with Crippen LogP contribution in [0.1, 0.15) is 47.6 Å². The quantitative estimate of drug-likeness (QED) is 0.512. The van der Waals surface area contributed by atoms with Gasteiger partial charge in [-0.25, -0.2) is 0 Å². The van der Waals surface area contributed by atoms with Gasteiger partial charge in [0.25, 0.3) is 0 Å². The number of anilines is 1. The van der Waals surface area contributed by atoms with Crippen molar-refractivity contribution in [3.8, 4) is 5.75 Å². The molecule has 1 aliphatic carbocycles. The predicted octanol–water partition coefficient (Wildman–Crippen LogP) is 6.24. The number of carbonyl (C=O) groups is 1. The molecule has 3 nitrogen and oxygen atoms in total.